The van der Waals surface area contributed by atoms with Crippen LogP contribution in [0.1, 0.15) is 0 Å². The van der Waals surface area contributed by atoms with E-state index >= 15 is 0 Å². The average Bonchev–Trinajstić information content (AvgIpc) is 2.87. The van der Waals surface area contributed by atoms with Crippen molar-refractivity contribution in [2.24, 2.45) is 7.05 Å². The Morgan fingerprint density at radius 2 is 1.95 bits per heavy atom. The number of carbonyl (C=O) groups is 2. The molecule has 2 aromatic rings. The van der Waals surface area contributed by atoms with Crippen LogP contribution in [0.3, 0.4) is 0 Å². The van der Waals surface area contributed by atoms with Gasteiger partial charge >= 0.3 is 6.03 Å². The Hall–Kier alpha value is -2.42. The summed E-state index contributed by atoms with van der Waals surface area (Å²) in [6.07, 6.45) is 0. The smallest absolute Gasteiger partial charge is 0.321 e. The molecule has 0 radical (unpaired) electrons. The Kier molecular flexibility index (Phi) is 5.10. The van der Waals surface area contributed by atoms with E-state index in [0.717, 1.165) is 17.3 Å². The van der Waals surface area contributed by atoms with Crippen LogP contribution in [0.4, 0.5) is 9.18 Å². The van der Waals surface area contributed by atoms with Gasteiger partial charge in [0.05, 0.1) is 5.75 Å². The van der Waals surface area contributed by atoms with Crippen molar-refractivity contribution in [2.45, 2.75) is 5.16 Å². The van der Waals surface area contributed by atoms with Crippen LogP contribution < -0.4 is 10.6 Å². The van der Waals surface area contributed by atoms with E-state index in [-0.39, 0.29) is 11.6 Å². The third-order valence-electron chi connectivity index (χ3n) is 2.75. The van der Waals surface area contributed by atoms with Crippen LogP contribution in [0.2, 0.25) is 0 Å². The average molecular weight is 323 g/mol. The summed E-state index contributed by atoms with van der Waals surface area (Å²) in [7, 11) is 3.17. The molecule has 0 fully saturated rings. The molecule has 0 bridgehead atoms. The quantitative estimate of drug-likeness (QED) is 0.825. The highest BCUT2D eigenvalue weighted by molar-refractivity contribution is 7.99. The van der Waals surface area contributed by atoms with E-state index in [1.165, 1.54) is 19.2 Å². The molecular weight excluding hydrogens is 309 g/mol. The van der Waals surface area contributed by atoms with Gasteiger partial charge in [-0.15, -0.1) is 10.2 Å². The molecule has 0 atom stereocenters. The van der Waals surface area contributed by atoms with Crippen LogP contribution in [-0.2, 0) is 11.8 Å². The molecule has 1 aromatic heterocycles. The zero-order chi connectivity index (χ0) is 16.1. The zero-order valence-corrected chi connectivity index (χ0v) is 12.8. The van der Waals surface area contributed by atoms with Gasteiger partial charge in [0, 0.05) is 19.7 Å². The standard InChI is InChI=1S/C13H14FN5O2S/c1-15-12(21)16-10(20)7-22-13-18-17-11(19(13)2)8-3-5-9(14)6-4-8/h3-6H,7H2,1-2H3,(H2,15,16,20,21). The first-order chi connectivity index (χ1) is 10.5. The molecule has 1 aromatic carbocycles. The number of thioether (sulfide) groups is 1. The number of hydrogen-bond acceptors (Lipinski definition) is 5. The number of benzene rings is 1. The number of aromatic nitrogens is 3. The van der Waals surface area contributed by atoms with Gasteiger partial charge in [-0.1, -0.05) is 11.8 Å². The maximum Gasteiger partial charge on any atom is 0.321 e. The number of nitrogens with one attached hydrogen (secondary N) is 2. The highest BCUT2D eigenvalue weighted by atomic mass is 32.2. The molecule has 0 spiro atoms. The van der Waals surface area contributed by atoms with Crippen LogP contribution in [0.5, 0.6) is 0 Å². The third kappa shape index (κ3) is 3.82. The third-order valence-corrected chi connectivity index (χ3v) is 3.77. The molecule has 0 aliphatic heterocycles. The van der Waals surface area contributed by atoms with Gasteiger partial charge in [-0.2, -0.15) is 0 Å². The summed E-state index contributed by atoms with van der Waals surface area (Å²) in [5.74, 6) is -0.167. The minimum absolute atomic E-state index is 0.0306. The molecule has 0 aliphatic rings. The van der Waals surface area contributed by atoms with E-state index in [1.807, 2.05) is 0 Å². The van der Waals surface area contributed by atoms with Crippen molar-refractivity contribution in [2.75, 3.05) is 12.8 Å². The second-order valence-corrected chi connectivity index (χ2v) is 5.23. The molecule has 0 saturated heterocycles. The van der Waals surface area contributed by atoms with Gasteiger partial charge in [0.25, 0.3) is 0 Å². The summed E-state index contributed by atoms with van der Waals surface area (Å²) in [5, 5.41) is 13.0. The molecular formula is C13H14FN5O2S. The number of halogens is 1. The lowest BCUT2D eigenvalue weighted by Crippen LogP contribution is -2.38. The van der Waals surface area contributed by atoms with Crippen LogP contribution in [0.15, 0.2) is 29.4 Å². The summed E-state index contributed by atoms with van der Waals surface area (Å²) < 4.78 is 14.6. The monoisotopic (exact) mass is 323 g/mol. The Morgan fingerprint density at radius 1 is 1.27 bits per heavy atom. The number of urea groups is 1. The van der Waals surface area contributed by atoms with Gasteiger partial charge < -0.3 is 9.88 Å². The van der Waals surface area contributed by atoms with Crippen LogP contribution in [0.25, 0.3) is 11.4 Å². The number of imide groups is 1. The molecule has 7 nitrogen and oxygen atoms in total. The van der Waals surface area contributed by atoms with Crippen molar-refractivity contribution in [1.29, 1.82) is 0 Å². The van der Waals surface area contributed by atoms with Crippen molar-refractivity contribution in [3.05, 3.63) is 30.1 Å². The van der Waals surface area contributed by atoms with E-state index in [2.05, 4.69) is 20.8 Å². The Bertz CT molecular complexity index is 686. The zero-order valence-electron chi connectivity index (χ0n) is 12.0. The molecule has 0 unspecified atom stereocenters. The van der Waals surface area contributed by atoms with E-state index < -0.39 is 11.9 Å². The van der Waals surface area contributed by atoms with Gasteiger partial charge in [-0.25, -0.2) is 9.18 Å². The topological polar surface area (TPSA) is 88.9 Å². The van der Waals surface area contributed by atoms with Crippen molar-refractivity contribution in [3.8, 4) is 11.4 Å². The number of hydrogen-bond donors (Lipinski definition) is 2. The predicted molar refractivity (Wildman–Crippen MR) is 79.7 cm³/mol. The summed E-state index contributed by atoms with van der Waals surface area (Å²) in [5.41, 5.74) is 0.720. The van der Waals surface area contributed by atoms with Crippen molar-refractivity contribution in [3.63, 3.8) is 0 Å². The van der Waals surface area contributed by atoms with Crippen molar-refractivity contribution < 1.29 is 14.0 Å². The van der Waals surface area contributed by atoms with Gasteiger partial charge in [-0.3, -0.25) is 10.1 Å². The Labute approximate surface area is 130 Å². The predicted octanol–water partition coefficient (Wildman–Crippen LogP) is 1.17. The molecule has 2 rings (SSSR count). The van der Waals surface area contributed by atoms with Gasteiger partial charge in [-0.05, 0) is 24.3 Å². The first-order valence-corrected chi connectivity index (χ1v) is 7.29. The molecule has 2 N–H and O–H groups in total. The SMILES string of the molecule is CNC(=O)NC(=O)CSc1nnc(-c2ccc(F)cc2)n1C. The molecule has 1 heterocycles. The van der Waals surface area contributed by atoms with Gasteiger partial charge in [0.1, 0.15) is 5.82 Å². The second-order valence-electron chi connectivity index (χ2n) is 4.29. The fourth-order valence-electron chi connectivity index (χ4n) is 1.65. The minimum atomic E-state index is -0.560. The Balaban J connectivity index is 2.03. The minimum Gasteiger partial charge on any atom is -0.341 e. The maximum atomic E-state index is 12.9. The molecule has 116 valence electrons. The highest BCUT2D eigenvalue weighted by Gasteiger charge is 2.13. The van der Waals surface area contributed by atoms with E-state index in [9.17, 15) is 14.0 Å². The number of carbonyl (C=O) groups excluding carboxylic acids is 2. The summed E-state index contributed by atoms with van der Waals surface area (Å²) in [4.78, 5) is 22.5. The van der Waals surface area contributed by atoms with Crippen LogP contribution in [0, 0.1) is 5.82 Å². The van der Waals surface area contributed by atoms with Crippen molar-refractivity contribution >= 4 is 23.7 Å². The summed E-state index contributed by atoms with van der Waals surface area (Å²) in [6.45, 7) is 0. The normalized spacial score (nSPS) is 10.3. The largest absolute Gasteiger partial charge is 0.341 e. The summed E-state index contributed by atoms with van der Waals surface area (Å²) in [6, 6.07) is 5.33. The fraction of sp³-hybridized carbons (Fsp3) is 0.231. The van der Waals surface area contributed by atoms with Crippen LogP contribution >= 0.6 is 11.8 Å². The van der Waals surface area contributed by atoms with Crippen LogP contribution in [-0.4, -0.2) is 39.5 Å². The lowest BCUT2D eigenvalue weighted by molar-refractivity contribution is -0.117. The van der Waals surface area contributed by atoms with E-state index in [0.29, 0.717) is 11.0 Å². The molecule has 0 saturated carbocycles. The van der Waals surface area contributed by atoms with Gasteiger partial charge in [0.2, 0.25) is 5.91 Å². The van der Waals surface area contributed by atoms with E-state index in [1.54, 1.807) is 23.7 Å². The molecule has 3 amide bonds. The number of rotatable bonds is 4. The number of nitrogens with zero attached hydrogens (tertiary/aromatic N) is 3. The fourth-order valence-corrected chi connectivity index (χ4v) is 2.36. The lowest BCUT2D eigenvalue weighted by atomic mass is 10.2. The number of amides is 3. The van der Waals surface area contributed by atoms with Gasteiger partial charge in [0.15, 0.2) is 11.0 Å². The summed E-state index contributed by atoms with van der Waals surface area (Å²) >= 11 is 1.15. The molecule has 9 heteroatoms. The highest BCUT2D eigenvalue weighted by Crippen LogP contribution is 2.22. The Morgan fingerprint density at radius 3 is 2.59 bits per heavy atom. The maximum absolute atomic E-state index is 12.9. The molecule has 0 aliphatic carbocycles. The first kappa shape index (κ1) is 16.0. The first-order valence-electron chi connectivity index (χ1n) is 6.31. The lowest BCUT2D eigenvalue weighted by Gasteiger charge is -2.04. The van der Waals surface area contributed by atoms with Crippen molar-refractivity contribution in [1.82, 2.24) is 25.4 Å². The van der Waals surface area contributed by atoms with E-state index in [4.69, 9.17) is 0 Å². The second kappa shape index (κ2) is 7.03. The molecule has 22 heavy (non-hydrogen) atoms.